The van der Waals surface area contributed by atoms with E-state index in [-0.39, 0.29) is 15.7 Å². The number of methoxy groups -OCH3 is 1. The van der Waals surface area contributed by atoms with Crippen molar-refractivity contribution in [3.05, 3.63) is 63.5 Å². The number of thiophene rings is 1. The number of rotatable bonds is 8. The van der Waals surface area contributed by atoms with Crippen LogP contribution in [0.4, 0.5) is 5.82 Å². The second-order valence-corrected chi connectivity index (χ2v) is 9.97. The van der Waals surface area contributed by atoms with Crippen molar-refractivity contribution in [1.29, 1.82) is 0 Å². The van der Waals surface area contributed by atoms with E-state index in [1.54, 1.807) is 50.4 Å². The molecule has 0 saturated heterocycles. The summed E-state index contributed by atoms with van der Waals surface area (Å²) in [6.45, 7) is 6.63. The fourth-order valence-electron chi connectivity index (χ4n) is 3.35. The van der Waals surface area contributed by atoms with Crippen LogP contribution in [0.1, 0.15) is 32.9 Å². The van der Waals surface area contributed by atoms with Crippen LogP contribution >= 0.6 is 11.3 Å². The van der Waals surface area contributed by atoms with Crippen molar-refractivity contribution in [1.82, 2.24) is 4.57 Å². The number of ether oxygens (including phenoxy) is 1. The zero-order valence-electron chi connectivity index (χ0n) is 17.6. The van der Waals surface area contributed by atoms with Crippen LogP contribution in [0.25, 0.3) is 0 Å². The van der Waals surface area contributed by atoms with E-state index in [0.29, 0.717) is 35.8 Å². The van der Waals surface area contributed by atoms with Gasteiger partial charge in [0.1, 0.15) is 10.7 Å². The number of anilines is 1. The first-order chi connectivity index (χ1) is 14.3. The number of hydrogen-bond donors (Lipinski definition) is 1. The maximum atomic E-state index is 13.6. The third-order valence-corrected chi connectivity index (χ3v) is 7.88. The van der Waals surface area contributed by atoms with Gasteiger partial charge in [-0.25, -0.2) is 8.42 Å². The Morgan fingerprint density at radius 3 is 2.43 bits per heavy atom. The van der Waals surface area contributed by atoms with Crippen molar-refractivity contribution in [2.45, 2.75) is 43.5 Å². The molecule has 6 nitrogen and oxygen atoms in total. The molecule has 1 N–H and O–H groups in total. The number of benzene rings is 1. The van der Waals surface area contributed by atoms with Gasteiger partial charge in [-0.15, -0.1) is 11.3 Å². The molecule has 160 valence electrons. The Balaban J connectivity index is 2.14. The van der Waals surface area contributed by atoms with E-state index in [9.17, 15) is 13.2 Å². The second kappa shape index (κ2) is 9.16. The Bertz CT molecular complexity index is 1130. The number of nitrogens with one attached hydrogen (secondary N) is 1. The van der Waals surface area contributed by atoms with E-state index < -0.39 is 9.84 Å². The molecule has 0 unspecified atom stereocenters. The molecule has 0 fully saturated rings. The van der Waals surface area contributed by atoms with Crippen LogP contribution in [0, 0.1) is 20.8 Å². The minimum Gasteiger partial charge on any atom is -0.385 e. The number of sulfone groups is 1. The first-order valence-electron chi connectivity index (χ1n) is 9.62. The predicted octanol–water partition coefficient (Wildman–Crippen LogP) is 4.60. The zero-order chi connectivity index (χ0) is 21.9. The number of carbonyl (C=O) groups is 1. The number of aryl methyl sites for hydroxylation is 1. The van der Waals surface area contributed by atoms with E-state index in [4.69, 9.17) is 4.74 Å². The molecule has 1 aromatic carbocycles. The Labute approximate surface area is 181 Å². The van der Waals surface area contributed by atoms with Crippen molar-refractivity contribution < 1.29 is 17.9 Å². The Morgan fingerprint density at radius 1 is 1.13 bits per heavy atom. The maximum Gasteiger partial charge on any atom is 0.266 e. The molecule has 3 aromatic rings. The van der Waals surface area contributed by atoms with Gasteiger partial charge >= 0.3 is 0 Å². The molecular weight excluding hydrogens is 420 g/mol. The quantitative estimate of drug-likeness (QED) is 0.513. The summed E-state index contributed by atoms with van der Waals surface area (Å²) in [6, 6.07) is 10.3. The van der Waals surface area contributed by atoms with Crippen LogP contribution < -0.4 is 5.32 Å². The van der Waals surface area contributed by atoms with Gasteiger partial charge in [0.2, 0.25) is 9.84 Å². The van der Waals surface area contributed by atoms with Crippen LogP contribution in [0.5, 0.6) is 0 Å². The van der Waals surface area contributed by atoms with Crippen molar-refractivity contribution in [3.63, 3.8) is 0 Å². The largest absolute Gasteiger partial charge is 0.385 e. The van der Waals surface area contributed by atoms with E-state index in [1.165, 1.54) is 11.3 Å². The van der Waals surface area contributed by atoms with Crippen LogP contribution in [-0.4, -0.2) is 32.6 Å². The maximum absolute atomic E-state index is 13.6. The zero-order valence-corrected chi connectivity index (χ0v) is 19.2. The van der Waals surface area contributed by atoms with E-state index in [2.05, 4.69) is 5.32 Å². The fraction of sp³-hybridized carbons (Fsp3) is 0.318. The minimum absolute atomic E-state index is 0.145. The lowest BCUT2D eigenvalue weighted by Gasteiger charge is -2.14. The minimum atomic E-state index is -3.83. The normalized spacial score (nSPS) is 11.6. The third kappa shape index (κ3) is 4.35. The molecule has 1 amide bonds. The Hall–Kier alpha value is -2.42. The SMILES string of the molecule is COCCCn1c(C)c(C)c(S(=O)(=O)c2ccc(C)cc2)c1NC(=O)c1cccs1. The first-order valence-corrected chi connectivity index (χ1v) is 12.0. The highest BCUT2D eigenvalue weighted by atomic mass is 32.2. The summed E-state index contributed by atoms with van der Waals surface area (Å²) in [7, 11) is -2.20. The molecule has 8 heteroatoms. The molecule has 0 bridgehead atoms. The summed E-state index contributed by atoms with van der Waals surface area (Å²) in [5.41, 5.74) is 2.41. The van der Waals surface area contributed by atoms with E-state index in [1.807, 2.05) is 23.8 Å². The fourth-order valence-corrected chi connectivity index (χ4v) is 5.66. The lowest BCUT2D eigenvalue weighted by atomic mass is 10.2. The molecule has 0 aliphatic rings. The van der Waals surface area contributed by atoms with Crippen LogP contribution in [0.3, 0.4) is 0 Å². The van der Waals surface area contributed by atoms with Gasteiger partial charge in [0.05, 0.1) is 9.77 Å². The molecule has 0 aliphatic heterocycles. The highest BCUT2D eigenvalue weighted by Crippen LogP contribution is 2.36. The summed E-state index contributed by atoms with van der Waals surface area (Å²) >= 11 is 1.31. The van der Waals surface area contributed by atoms with E-state index >= 15 is 0 Å². The van der Waals surface area contributed by atoms with Crippen molar-refractivity contribution in [2.75, 3.05) is 19.0 Å². The van der Waals surface area contributed by atoms with Gasteiger partial charge in [-0.3, -0.25) is 4.79 Å². The topological polar surface area (TPSA) is 77.4 Å². The van der Waals surface area contributed by atoms with Crippen molar-refractivity contribution >= 4 is 32.9 Å². The lowest BCUT2D eigenvalue weighted by Crippen LogP contribution is -2.17. The molecule has 0 aliphatic carbocycles. The first kappa shape index (κ1) is 22.3. The Kier molecular flexibility index (Phi) is 6.80. The molecule has 2 aromatic heterocycles. The van der Waals surface area contributed by atoms with Gasteiger partial charge in [-0.05, 0) is 56.3 Å². The number of carbonyl (C=O) groups excluding carboxylic acids is 1. The molecule has 0 atom stereocenters. The molecule has 3 rings (SSSR count). The number of nitrogens with zero attached hydrogens (tertiary/aromatic N) is 1. The van der Waals surface area contributed by atoms with Gasteiger partial charge in [0.15, 0.2) is 0 Å². The molecule has 0 radical (unpaired) electrons. The number of aromatic nitrogens is 1. The predicted molar refractivity (Wildman–Crippen MR) is 119 cm³/mol. The van der Waals surface area contributed by atoms with Crippen molar-refractivity contribution in [3.8, 4) is 0 Å². The van der Waals surface area contributed by atoms with Crippen LogP contribution in [0.2, 0.25) is 0 Å². The molecular formula is C22H26N2O4S2. The standard InChI is InChI=1S/C22H26N2O4S2/c1-15-8-10-18(11-9-15)30(26,27)20-16(2)17(3)24(12-6-13-28-4)21(20)23-22(25)19-7-5-14-29-19/h5,7-11,14H,6,12-13H2,1-4H3,(H,23,25). The third-order valence-electron chi connectivity index (χ3n) is 5.08. The van der Waals surface area contributed by atoms with Gasteiger partial charge in [-0.2, -0.15) is 0 Å². The van der Waals surface area contributed by atoms with Crippen molar-refractivity contribution in [2.24, 2.45) is 0 Å². The summed E-state index contributed by atoms with van der Waals surface area (Å²) in [5.74, 6) is -0.0177. The average Bonchev–Trinajstić information content (AvgIpc) is 3.32. The lowest BCUT2D eigenvalue weighted by molar-refractivity contribution is 0.102. The summed E-state index contributed by atoms with van der Waals surface area (Å²) < 4.78 is 34.1. The average molecular weight is 447 g/mol. The molecule has 0 spiro atoms. The number of amides is 1. The molecule has 2 heterocycles. The van der Waals surface area contributed by atoms with E-state index in [0.717, 1.165) is 11.3 Å². The summed E-state index contributed by atoms with van der Waals surface area (Å²) in [6.07, 6.45) is 0.692. The smallest absolute Gasteiger partial charge is 0.266 e. The van der Waals surface area contributed by atoms with Crippen LogP contribution in [-0.2, 0) is 21.1 Å². The second-order valence-electron chi connectivity index (χ2n) is 7.13. The summed E-state index contributed by atoms with van der Waals surface area (Å²) in [4.78, 5) is 13.7. The monoisotopic (exact) mass is 446 g/mol. The highest BCUT2D eigenvalue weighted by molar-refractivity contribution is 7.91. The summed E-state index contributed by atoms with van der Waals surface area (Å²) in [5, 5.41) is 4.68. The van der Waals surface area contributed by atoms with Gasteiger partial charge in [0.25, 0.3) is 5.91 Å². The number of hydrogen-bond acceptors (Lipinski definition) is 5. The van der Waals surface area contributed by atoms with Gasteiger partial charge in [0, 0.05) is 26.0 Å². The highest BCUT2D eigenvalue weighted by Gasteiger charge is 2.30. The van der Waals surface area contributed by atoms with Gasteiger partial charge < -0.3 is 14.6 Å². The molecule has 30 heavy (non-hydrogen) atoms. The Morgan fingerprint density at radius 2 is 1.83 bits per heavy atom. The molecule has 0 saturated carbocycles. The van der Waals surface area contributed by atoms with Gasteiger partial charge in [-0.1, -0.05) is 23.8 Å². The van der Waals surface area contributed by atoms with Crippen LogP contribution in [0.15, 0.2) is 51.6 Å².